The fourth-order valence-electron chi connectivity index (χ4n) is 2.25. The van der Waals surface area contributed by atoms with Crippen LogP contribution in [0.3, 0.4) is 0 Å². The number of sulfonamides is 1. The van der Waals surface area contributed by atoms with Gasteiger partial charge in [-0.1, -0.05) is 6.42 Å². The van der Waals surface area contributed by atoms with Crippen LogP contribution in [0.5, 0.6) is 0 Å². The maximum atomic E-state index is 12.4. The summed E-state index contributed by atoms with van der Waals surface area (Å²) < 4.78 is 31.2. The van der Waals surface area contributed by atoms with Gasteiger partial charge in [-0.2, -0.15) is 4.31 Å². The van der Waals surface area contributed by atoms with Crippen molar-refractivity contribution in [3.05, 3.63) is 24.3 Å². The average Bonchev–Trinajstić information content (AvgIpc) is 2.49. The molecule has 6 nitrogen and oxygen atoms in total. The van der Waals surface area contributed by atoms with Gasteiger partial charge in [0.15, 0.2) is 0 Å². The Balaban J connectivity index is 2.09. The van der Waals surface area contributed by atoms with Crippen LogP contribution in [0.2, 0.25) is 0 Å². The Labute approximate surface area is 125 Å². The monoisotopic (exact) mass is 312 g/mol. The first kappa shape index (κ1) is 15.8. The number of nitrogens with zero attached hydrogens (tertiary/aromatic N) is 1. The molecule has 0 atom stereocenters. The number of amides is 1. The van der Waals surface area contributed by atoms with Crippen LogP contribution in [-0.4, -0.2) is 38.5 Å². The van der Waals surface area contributed by atoms with Gasteiger partial charge in [-0.25, -0.2) is 13.2 Å². The van der Waals surface area contributed by atoms with Crippen molar-refractivity contribution in [2.24, 2.45) is 0 Å². The summed E-state index contributed by atoms with van der Waals surface area (Å²) in [5, 5.41) is 2.53. The minimum Gasteiger partial charge on any atom is -0.450 e. The van der Waals surface area contributed by atoms with Crippen molar-refractivity contribution in [1.82, 2.24) is 4.31 Å². The number of nitrogens with one attached hydrogen (secondary N) is 1. The molecule has 1 aliphatic rings. The first-order valence-corrected chi connectivity index (χ1v) is 8.52. The molecule has 0 radical (unpaired) electrons. The second-order valence-corrected chi connectivity index (χ2v) is 6.77. The van der Waals surface area contributed by atoms with Crippen LogP contribution < -0.4 is 5.32 Å². The van der Waals surface area contributed by atoms with Gasteiger partial charge in [0.1, 0.15) is 0 Å². The topological polar surface area (TPSA) is 75.7 Å². The van der Waals surface area contributed by atoms with Gasteiger partial charge in [-0.05, 0) is 44.0 Å². The molecule has 1 heterocycles. The van der Waals surface area contributed by atoms with E-state index >= 15 is 0 Å². The predicted molar refractivity (Wildman–Crippen MR) is 79.7 cm³/mol. The standard InChI is InChI=1S/C14H20N2O4S/c1-2-20-14(17)15-12-6-8-13(9-7-12)21(18,19)16-10-4-3-5-11-16/h6-9H,2-5,10-11H2,1H3,(H,15,17). The zero-order chi connectivity index (χ0) is 15.3. The van der Waals surface area contributed by atoms with Gasteiger partial charge in [-0.15, -0.1) is 0 Å². The van der Waals surface area contributed by atoms with Crippen molar-refractivity contribution in [2.75, 3.05) is 25.0 Å². The summed E-state index contributed by atoms with van der Waals surface area (Å²) in [5.74, 6) is 0. The lowest BCUT2D eigenvalue weighted by atomic mass is 10.2. The Bertz CT molecular complexity index is 577. The molecule has 116 valence electrons. The van der Waals surface area contributed by atoms with Crippen molar-refractivity contribution in [2.45, 2.75) is 31.1 Å². The third kappa shape index (κ3) is 3.95. The van der Waals surface area contributed by atoms with E-state index in [1.165, 1.54) is 16.4 Å². The summed E-state index contributed by atoms with van der Waals surface area (Å²) in [4.78, 5) is 11.5. The molecule has 0 spiro atoms. The molecule has 0 bridgehead atoms. The van der Waals surface area contributed by atoms with Crippen LogP contribution in [0.1, 0.15) is 26.2 Å². The van der Waals surface area contributed by atoms with E-state index in [0.29, 0.717) is 18.8 Å². The number of ether oxygens (including phenoxy) is 1. The molecular weight excluding hydrogens is 292 g/mol. The number of hydrogen-bond acceptors (Lipinski definition) is 4. The summed E-state index contributed by atoms with van der Waals surface area (Å²) in [7, 11) is -3.43. The molecular formula is C14H20N2O4S. The largest absolute Gasteiger partial charge is 0.450 e. The molecule has 1 amide bonds. The van der Waals surface area contributed by atoms with E-state index in [9.17, 15) is 13.2 Å². The van der Waals surface area contributed by atoms with Gasteiger partial charge >= 0.3 is 6.09 Å². The van der Waals surface area contributed by atoms with E-state index < -0.39 is 16.1 Å². The highest BCUT2D eigenvalue weighted by Gasteiger charge is 2.25. The maximum Gasteiger partial charge on any atom is 0.411 e. The van der Waals surface area contributed by atoms with Crippen LogP contribution in [0.4, 0.5) is 10.5 Å². The predicted octanol–water partition coefficient (Wildman–Crippen LogP) is 2.43. The molecule has 1 N–H and O–H groups in total. The number of rotatable bonds is 4. The molecule has 1 saturated heterocycles. The molecule has 0 unspecified atom stereocenters. The van der Waals surface area contributed by atoms with E-state index in [1.54, 1.807) is 19.1 Å². The van der Waals surface area contributed by atoms with Crippen molar-refractivity contribution in [1.29, 1.82) is 0 Å². The third-order valence-electron chi connectivity index (χ3n) is 3.33. The van der Waals surface area contributed by atoms with Crippen molar-refractivity contribution >= 4 is 21.8 Å². The first-order chi connectivity index (χ1) is 10.0. The summed E-state index contributed by atoms with van der Waals surface area (Å²) in [6, 6.07) is 6.14. The Kier molecular flexibility index (Phi) is 5.19. The Morgan fingerprint density at radius 2 is 1.81 bits per heavy atom. The second kappa shape index (κ2) is 6.91. The number of benzene rings is 1. The van der Waals surface area contributed by atoms with E-state index in [0.717, 1.165) is 19.3 Å². The van der Waals surface area contributed by atoms with Crippen LogP contribution in [0, 0.1) is 0 Å². The van der Waals surface area contributed by atoms with Gasteiger partial charge in [0, 0.05) is 18.8 Å². The minimum atomic E-state index is -3.43. The van der Waals surface area contributed by atoms with Crippen molar-refractivity contribution < 1.29 is 17.9 Å². The zero-order valence-electron chi connectivity index (χ0n) is 12.0. The SMILES string of the molecule is CCOC(=O)Nc1ccc(S(=O)(=O)N2CCCCC2)cc1. The Morgan fingerprint density at radius 3 is 2.38 bits per heavy atom. The number of piperidine rings is 1. The molecule has 0 aromatic heterocycles. The van der Waals surface area contributed by atoms with Gasteiger partial charge in [0.05, 0.1) is 11.5 Å². The third-order valence-corrected chi connectivity index (χ3v) is 5.24. The Hall–Kier alpha value is -1.60. The molecule has 7 heteroatoms. The molecule has 21 heavy (non-hydrogen) atoms. The Morgan fingerprint density at radius 1 is 1.19 bits per heavy atom. The summed E-state index contributed by atoms with van der Waals surface area (Å²) in [6.07, 6.45) is 2.34. The lowest BCUT2D eigenvalue weighted by Crippen LogP contribution is -2.35. The molecule has 2 rings (SSSR count). The van der Waals surface area contributed by atoms with Gasteiger partial charge in [0.25, 0.3) is 0 Å². The summed E-state index contributed by atoms with van der Waals surface area (Å²) in [6.45, 7) is 3.15. The lowest BCUT2D eigenvalue weighted by Gasteiger charge is -2.25. The quantitative estimate of drug-likeness (QED) is 0.926. The van der Waals surface area contributed by atoms with Crippen LogP contribution in [0.15, 0.2) is 29.2 Å². The van der Waals surface area contributed by atoms with Crippen LogP contribution in [-0.2, 0) is 14.8 Å². The van der Waals surface area contributed by atoms with Gasteiger partial charge in [0.2, 0.25) is 10.0 Å². The van der Waals surface area contributed by atoms with E-state index in [-0.39, 0.29) is 11.5 Å². The fraction of sp³-hybridized carbons (Fsp3) is 0.500. The molecule has 1 aromatic rings. The first-order valence-electron chi connectivity index (χ1n) is 7.08. The van der Waals surface area contributed by atoms with Gasteiger partial charge < -0.3 is 4.74 Å². The molecule has 0 saturated carbocycles. The van der Waals surface area contributed by atoms with Crippen LogP contribution >= 0.6 is 0 Å². The fourth-order valence-corrected chi connectivity index (χ4v) is 3.77. The van der Waals surface area contributed by atoms with Crippen LogP contribution in [0.25, 0.3) is 0 Å². The number of carbonyl (C=O) groups excluding carboxylic acids is 1. The molecule has 1 aliphatic heterocycles. The number of carbonyl (C=O) groups is 1. The number of hydrogen-bond donors (Lipinski definition) is 1. The molecule has 1 fully saturated rings. The molecule has 0 aliphatic carbocycles. The van der Waals surface area contributed by atoms with E-state index in [1.807, 2.05) is 0 Å². The summed E-state index contributed by atoms with van der Waals surface area (Å²) >= 11 is 0. The molecule has 1 aromatic carbocycles. The minimum absolute atomic E-state index is 0.249. The second-order valence-electron chi connectivity index (χ2n) is 4.83. The average molecular weight is 312 g/mol. The highest BCUT2D eigenvalue weighted by molar-refractivity contribution is 7.89. The van der Waals surface area contributed by atoms with E-state index in [2.05, 4.69) is 5.32 Å². The highest BCUT2D eigenvalue weighted by atomic mass is 32.2. The zero-order valence-corrected chi connectivity index (χ0v) is 12.9. The normalized spacial score (nSPS) is 16.4. The lowest BCUT2D eigenvalue weighted by molar-refractivity contribution is 0.168. The van der Waals surface area contributed by atoms with Crippen molar-refractivity contribution in [3.8, 4) is 0 Å². The van der Waals surface area contributed by atoms with Gasteiger partial charge in [-0.3, -0.25) is 5.32 Å². The number of anilines is 1. The smallest absolute Gasteiger partial charge is 0.411 e. The van der Waals surface area contributed by atoms with E-state index in [4.69, 9.17) is 4.74 Å². The maximum absolute atomic E-state index is 12.4. The highest BCUT2D eigenvalue weighted by Crippen LogP contribution is 2.21. The van der Waals surface area contributed by atoms with Crippen molar-refractivity contribution in [3.63, 3.8) is 0 Å². The summed E-state index contributed by atoms with van der Waals surface area (Å²) in [5.41, 5.74) is 0.506.